The zero-order valence-electron chi connectivity index (χ0n) is 9.00. The van der Waals surface area contributed by atoms with Crippen molar-refractivity contribution in [3.05, 3.63) is 12.2 Å². The molecule has 4 atom stereocenters. The number of allylic oxidation sites excluding steroid dienone is 2. The Morgan fingerprint density at radius 3 is 2.69 bits per heavy atom. The van der Waals surface area contributed by atoms with E-state index in [0.717, 1.165) is 23.7 Å². The third-order valence-corrected chi connectivity index (χ3v) is 4.10. The fourth-order valence-corrected chi connectivity index (χ4v) is 3.12. The van der Waals surface area contributed by atoms with Gasteiger partial charge in [0.25, 0.3) is 0 Å². The molecular weight excluding hydrogens is 156 g/mol. The molecule has 2 fully saturated rings. The van der Waals surface area contributed by atoms with E-state index in [-0.39, 0.29) is 0 Å². The van der Waals surface area contributed by atoms with Crippen molar-refractivity contribution in [2.45, 2.75) is 46.0 Å². The average Bonchev–Trinajstić information content (AvgIpc) is 2.76. The molecule has 2 aliphatic rings. The Bertz CT molecular complexity index is 192. The normalized spacial score (nSPS) is 44.5. The molecule has 0 N–H and O–H groups in total. The summed E-state index contributed by atoms with van der Waals surface area (Å²) in [5.74, 6) is 4.20. The lowest BCUT2D eigenvalue weighted by Gasteiger charge is -2.08. The van der Waals surface area contributed by atoms with Gasteiger partial charge in [-0.05, 0) is 49.9 Å². The van der Waals surface area contributed by atoms with Crippen molar-refractivity contribution in [1.82, 2.24) is 0 Å². The molecular formula is C13H22. The lowest BCUT2D eigenvalue weighted by Crippen LogP contribution is -1.99. The molecule has 0 aromatic heterocycles. The summed E-state index contributed by atoms with van der Waals surface area (Å²) >= 11 is 0. The molecule has 0 heterocycles. The summed E-state index contributed by atoms with van der Waals surface area (Å²) in [5, 5.41) is 0. The monoisotopic (exact) mass is 178 g/mol. The van der Waals surface area contributed by atoms with Gasteiger partial charge < -0.3 is 0 Å². The van der Waals surface area contributed by atoms with E-state index in [0.29, 0.717) is 0 Å². The third kappa shape index (κ3) is 1.98. The van der Waals surface area contributed by atoms with Crippen LogP contribution in [-0.4, -0.2) is 0 Å². The first-order valence-electron chi connectivity index (χ1n) is 5.98. The van der Waals surface area contributed by atoms with Gasteiger partial charge in [0.1, 0.15) is 0 Å². The molecule has 0 aliphatic heterocycles. The van der Waals surface area contributed by atoms with E-state index < -0.39 is 0 Å². The van der Waals surface area contributed by atoms with E-state index in [1.807, 2.05) is 0 Å². The van der Waals surface area contributed by atoms with Gasteiger partial charge in [-0.1, -0.05) is 31.9 Å². The fourth-order valence-electron chi connectivity index (χ4n) is 3.12. The largest absolute Gasteiger partial charge is 0.0914 e. The summed E-state index contributed by atoms with van der Waals surface area (Å²) in [6, 6.07) is 0. The Morgan fingerprint density at radius 2 is 2.08 bits per heavy atom. The summed E-state index contributed by atoms with van der Waals surface area (Å²) in [4.78, 5) is 0. The average molecular weight is 178 g/mol. The van der Waals surface area contributed by atoms with Crippen molar-refractivity contribution >= 4 is 0 Å². The molecule has 2 aliphatic carbocycles. The van der Waals surface area contributed by atoms with Gasteiger partial charge in [0.15, 0.2) is 0 Å². The van der Waals surface area contributed by atoms with Crippen LogP contribution >= 0.6 is 0 Å². The van der Waals surface area contributed by atoms with Crippen molar-refractivity contribution in [3.8, 4) is 0 Å². The van der Waals surface area contributed by atoms with Crippen LogP contribution in [0.3, 0.4) is 0 Å². The summed E-state index contributed by atoms with van der Waals surface area (Å²) < 4.78 is 0. The predicted octanol–water partition coefficient (Wildman–Crippen LogP) is 4.02. The Morgan fingerprint density at radius 1 is 1.23 bits per heavy atom. The molecule has 74 valence electrons. The predicted molar refractivity (Wildman–Crippen MR) is 57.5 cm³/mol. The molecule has 0 saturated heterocycles. The topological polar surface area (TPSA) is 0 Å². The van der Waals surface area contributed by atoms with E-state index in [4.69, 9.17) is 0 Å². The van der Waals surface area contributed by atoms with Crippen LogP contribution in [0.15, 0.2) is 12.2 Å². The van der Waals surface area contributed by atoms with Gasteiger partial charge in [-0.25, -0.2) is 0 Å². The van der Waals surface area contributed by atoms with Crippen LogP contribution in [0.25, 0.3) is 0 Å². The number of hydrogen-bond donors (Lipinski definition) is 0. The minimum atomic E-state index is 0.964. The van der Waals surface area contributed by atoms with E-state index in [1.54, 1.807) is 0 Å². The van der Waals surface area contributed by atoms with Crippen molar-refractivity contribution in [2.75, 3.05) is 0 Å². The summed E-state index contributed by atoms with van der Waals surface area (Å²) in [7, 11) is 0. The fraction of sp³-hybridized carbons (Fsp3) is 0.846. The van der Waals surface area contributed by atoms with Gasteiger partial charge in [-0.2, -0.15) is 0 Å². The van der Waals surface area contributed by atoms with Crippen molar-refractivity contribution < 1.29 is 0 Å². The minimum absolute atomic E-state index is 0.964. The van der Waals surface area contributed by atoms with Crippen molar-refractivity contribution in [2.24, 2.45) is 23.7 Å². The maximum Gasteiger partial charge on any atom is -0.0199 e. The van der Waals surface area contributed by atoms with Crippen LogP contribution < -0.4 is 0 Å². The molecule has 4 unspecified atom stereocenters. The van der Waals surface area contributed by atoms with Crippen molar-refractivity contribution in [3.63, 3.8) is 0 Å². The molecule has 0 bridgehead atoms. The first-order chi connectivity index (χ1) is 6.35. The van der Waals surface area contributed by atoms with Gasteiger partial charge in [0.05, 0.1) is 0 Å². The van der Waals surface area contributed by atoms with Crippen molar-refractivity contribution in [1.29, 1.82) is 0 Å². The highest BCUT2D eigenvalue weighted by Crippen LogP contribution is 2.52. The highest BCUT2D eigenvalue weighted by atomic mass is 14.5. The highest BCUT2D eigenvalue weighted by molar-refractivity contribution is 5.04. The Labute approximate surface area is 82.4 Å². The standard InChI is InChI=1S/C13H22/c1-3-5-11-9-13(11)12-7-6-10(4-2)8-12/h3,5,10-13H,4,6-9H2,1-2H3/b5-3+. The molecule has 0 radical (unpaired) electrons. The zero-order chi connectivity index (χ0) is 9.26. The molecule has 0 spiro atoms. The molecule has 0 aromatic rings. The zero-order valence-corrected chi connectivity index (χ0v) is 9.00. The quantitative estimate of drug-likeness (QED) is 0.572. The lowest BCUT2D eigenvalue weighted by atomic mass is 9.97. The first kappa shape index (κ1) is 9.30. The van der Waals surface area contributed by atoms with Crippen LogP contribution in [0.4, 0.5) is 0 Å². The minimum Gasteiger partial charge on any atom is -0.0914 e. The lowest BCUT2D eigenvalue weighted by molar-refractivity contribution is 0.430. The van der Waals surface area contributed by atoms with Gasteiger partial charge in [0, 0.05) is 0 Å². The van der Waals surface area contributed by atoms with E-state index in [1.165, 1.54) is 32.1 Å². The van der Waals surface area contributed by atoms with Crippen LogP contribution in [-0.2, 0) is 0 Å². The van der Waals surface area contributed by atoms with Gasteiger partial charge in [-0.15, -0.1) is 0 Å². The molecule has 0 aromatic carbocycles. The Kier molecular flexibility index (Phi) is 2.76. The number of rotatable bonds is 3. The SMILES string of the molecule is C/C=C/C1CC1C1CCC(CC)C1. The van der Waals surface area contributed by atoms with Gasteiger partial charge in [0.2, 0.25) is 0 Å². The van der Waals surface area contributed by atoms with E-state index in [2.05, 4.69) is 26.0 Å². The van der Waals surface area contributed by atoms with Gasteiger partial charge in [-0.3, -0.25) is 0 Å². The van der Waals surface area contributed by atoms with Crippen LogP contribution in [0, 0.1) is 23.7 Å². The van der Waals surface area contributed by atoms with E-state index >= 15 is 0 Å². The Hall–Kier alpha value is -0.260. The molecule has 2 saturated carbocycles. The second-order valence-electron chi connectivity index (χ2n) is 4.94. The second kappa shape index (κ2) is 3.86. The second-order valence-corrected chi connectivity index (χ2v) is 4.94. The van der Waals surface area contributed by atoms with E-state index in [9.17, 15) is 0 Å². The molecule has 0 amide bonds. The van der Waals surface area contributed by atoms with Crippen LogP contribution in [0.1, 0.15) is 46.0 Å². The smallest absolute Gasteiger partial charge is 0.0199 e. The summed E-state index contributed by atoms with van der Waals surface area (Å²) in [6.07, 6.45) is 12.1. The van der Waals surface area contributed by atoms with Crippen LogP contribution in [0.5, 0.6) is 0 Å². The van der Waals surface area contributed by atoms with Gasteiger partial charge >= 0.3 is 0 Å². The maximum absolute atomic E-state index is 2.42. The molecule has 13 heavy (non-hydrogen) atoms. The molecule has 0 nitrogen and oxygen atoms in total. The number of hydrogen-bond acceptors (Lipinski definition) is 0. The highest BCUT2D eigenvalue weighted by Gasteiger charge is 2.43. The van der Waals surface area contributed by atoms with Crippen LogP contribution in [0.2, 0.25) is 0 Å². The Balaban J connectivity index is 1.79. The molecule has 0 heteroatoms. The summed E-state index contributed by atoms with van der Waals surface area (Å²) in [5.41, 5.74) is 0. The first-order valence-corrected chi connectivity index (χ1v) is 5.98. The summed E-state index contributed by atoms with van der Waals surface area (Å²) in [6.45, 7) is 4.50. The maximum atomic E-state index is 2.42. The molecule has 2 rings (SSSR count). The third-order valence-electron chi connectivity index (χ3n) is 4.10.